The van der Waals surface area contributed by atoms with Crippen LogP contribution in [0.15, 0.2) is 6.20 Å². The van der Waals surface area contributed by atoms with Gasteiger partial charge in [0.15, 0.2) is 0 Å². The molecular weight excluding hydrogens is 246 g/mol. The van der Waals surface area contributed by atoms with Crippen LogP contribution >= 0.6 is 0 Å². The fourth-order valence-electron chi connectivity index (χ4n) is 1.73. The third kappa shape index (κ3) is 3.56. The molecule has 1 N–H and O–H groups in total. The summed E-state index contributed by atoms with van der Waals surface area (Å²) in [4.78, 5) is 23.6. The molecule has 0 saturated carbocycles. The minimum Gasteiger partial charge on any atom is -0.469 e. The van der Waals surface area contributed by atoms with Gasteiger partial charge in [-0.3, -0.25) is 14.3 Å². The molecule has 1 rings (SSSR count). The van der Waals surface area contributed by atoms with Gasteiger partial charge in [-0.05, 0) is 20.3 Å². The van der Waals surface area contributed by atoms with E-state index in [2.05, 4.69) is 10.4 Å². The number of ether oxygens (including phenoxy) is 1. The predicted octanol–water partition coefficient (Wildman–Crippen LogP) is 0.911. The standard InChI is InChI=1S/C13H21N3O3/c1-6-10-9(7-16(4)15-10)11(17)14-8-13(2,3)12(18)19-5/h7H,6,8H2,1-5H3,(H,14,17). The van der Waals surface area contributed by atoms with E-state index in [9.17, 15) is 9.59 Å². The van der Waals surface area contributed by atoms with Gasteiger partial charge in [0.1, 0.15) is 0 Å². The van der Waals surface area contributed by atoms with E-state index in [0.717, 1.165) is 5.69 Å². The van der Waals surface area contributed by atoms with Gasteiger partial charge in [-0.25, -0.2) is 0 Å². The molecule has 0 unspecified atom stereocenters. The van der Waals surface area contributed by atoms with Crippen LogP contribution in [0.3, 0.4) is 0 Å². The fourth-order valence-corrected chi connectivity index (χ4v) is 1.73. The lowest BCUT2D eigenvalue weighted by Crippen LogP contribution is -2.39. The lowest BCUT2D eigenvalue weighted by Gasteiger charge is -2.21. The zero-order chi connectivity index (χ0) is 14.6. The highest BCUT2D eigenvalue weighted by Crippen LogP contribution is 2.16. The van der Waals surface area contributed by atoms with Gasteiger partial charge >= 0.3 is 5.97 Å². The Labute approximate surface area is 113 Å². The first kappa shape index (κ1) is 15.2. The number of carbonyl (C=O) groups excluding carboxylic acids is 2. The molecule has 0 radical (unpaired) electrons. The molecule has 0 atom stereocenters. The topological polar surface area (TPSA) is 73.2 Å². The monoisotopic (exact) mass is 267 g/mol. The van der Waals surface area contributed by atoms with E-state index in [-0.39, 0.29) is 18.4 Å². The van der Waals surface area contributed by atoms with Gasteiger partial charge in [-0.2, -0.15) is 5.10 Å². The zero-order valence-electron chi connectivity index (χ0n) is 12.1. The molecule has 1 aromatic rings. The Morgan fingerprint density at radius 1 is 1.47 bits per heavy atom. The van der Waals surface area contributed by atoms with Crippen molar-refractivity contribution in [2.45, 2.75) is 27.2 Å². The van der Waals surface area contributed by atoms with Crippen LogP contribution in [0.25, 0.3) is 0 Å². The van der Waals surface area contributed by atoms with E-state index in [1.807, 2.05) is 6.92 Å². The first-order chi connectivity index (χ1) is 8.81. The molecule has 1 heterocycles. The average molecular weight is 267 g/mol. The number of hydrogen-bond acceptors (Lipinski definition) is 4. The van der Waals surface area contributed by atoms with Gasteiger partial charge in [0.25, 0.3) is 5.91 Å². The van der Waals surface area contributed by atoms with Crippen LogP contribution in [-0.2, 0) is 23.0 Å². The number of hydrogen-bond donors (Lipinski definition) is 1. The highest BCUT2D eigenvalue weighted by atomic mass is 16.5. The van der Waals surface area contributed by atoms with Crippen LogP contribution in [0.5, 0.6) is 0 Å². The Bertz CT molecular complexity index is 477. The summed E-state index contributed by atoms with van der Waals surface area (Å²) in [5.74, 6) is -0.573. The van der Waals surface area contributed by atoms with E-state index < -0.39 is 5.41 Å². The molecule has 106 valence electrons. The summed E-state index contributed by atoms with van der Waals surface area (Å²) < 4.78 is 6.31. The number of aromatic nitrogens is 2. The molecule has 0 aromatic carbocycles. The molecule has 0 aliphatic carbocycles. The minimum atomic E-state index is -0.751. The van der Waals surface area contributed by atoms with Crippen molar-refractivity contribution < 1.29 is 14.3 Å². The Kier molecular flexibility index (Phi) is 4.69. The summed E-state index contributed by atoms with van der Waals surface area (Å²) in [7, 11) is 3.11. The summed E-state index contributed by atoms with van der Waals surface area (Å²) >= 11 is 0. The van der Waals surface area contributed by atoms with Crippen LogP contribution in [0.2, 0.25) is 0 Å². The molecule has 0 fully saturated rings. The lowest BCUT2D eigenvalue weighted by molar-refractivity contribution is -0.150. The van der Waals surface area contributed by atoms with Crippen molar-refractivity contribution in [3.63, 3.8) is 0 Å². The van der Waals surface area contributed by atoms with E-state index in [4.69, 9.17) is 4.74 Å². The van der Waals surface area contributed by atoms with Crippen LogP contribution in [-0.4, -0.2) is 35.3 Å². The third-order valence-corrected chi connectivity index (χ3v) is 2.91. The summed E-state index contributed by atoms with van der Waals surface area (Å²) in [5, 5.41) is 6.96. The molecule has 0 aliphatic rings. The van der Waals surface area contributed by atoms with Crippen molar-refractivity contribution in [3.05, 3.63) is 17.5 Å². The lowest BCUT2D eigenvalue weighted by atomic mass is 9.93. The average Bonchev–Trinajstić information content (AvgIpc) is 2.76. The Morgan fingerprint density at radius 3 is 2.63 bits per heavy atom. The van der Waals surface area contributed by atoms with Crippen LogP contribution in [0.1, 0.15) is 36.8 Å². The number of nitrogens with zero attached hydrogens (tertiary/aromatic N) is 2. The number of aryl methyl sites for hydroxylation is 2. The first-order valence-electron chi connectivity index (χ1n) is 6.21. The SMILES string of the molecule is CCc1nn(C)cc1C(=O)NCC(C)(C)C(=O)OC. The molecule has 6 heteroatoms. The number of rotatable bonds is 5. The van der Waals surface area contributed by atoms with Crippen molar-refractivity contribution in [1.82, 2.24) is 15.1 Å². The van der Waals surface area contributed by atoms with Crippen molar-refractivity contribution in [3.8, 4) is 0 Å². The summed E-state index contributed by atoms with van der Waals surface area (Å²) in [6.45, 7) is 5.61. The second-order valence-electron chi connectivity index (χ2n) is 5.07. The number of carbonyl (C=O) groups is 2. The number of amides is 1. The normalized spacial score (nSPS) is 11.2. The molecule has 0 aliphatic heterocycles. The van der Waals surface area contributed by atoms with Crippen molar-refractivity contribution in [1.29, 1.82) is 0 Å². The number of nitrogens with one attached hydrogen (secondary N) is 1. The molecule has 0 saturated heterocycles. The van der Waals surface area contributed by atoms with E-state index in [1.165, 1.54) is 7.11 Å². The predicted molar refractivity (Wildman–Crippen MR) is 70.7 cm³/mol. The minimum absolute atomic E-state index is 0.219. The Balaban J connectivity index is 2.73. The van der Waals surface area contributed by atoms with Gasteiger partial charge in [-0.15, -0.1) is 0 Å². The van der Waals surface area contributed by atoms with Gasteiger partial charge in [-0.1, -0.05) is 6.92 Å². The van der Waals surface area contributed by atoms with E-state index in [1.54, 1.807) is 31.8 Å². The molecule has 1 aromatic heterocycles. The second-order valence-corrected chi connectivity index (χ2v) is 5.07. The summed E-state index contributed by atoms with van der Waals surface area (Å²) in [5.41, 5.74) is 0.542. The maximum Gasteiger partial charge on any atom is 0.313 e. The van der Waals surface area contributed by atoms with Crippen molar-refractivity contribution in [2.75, 3.05) is 13.7 Å². The second kappa shape index (κ2) is 5.86. The fraction of sp³-hybridized carbons (Fsp3) is 0.615. The van der Waals surface area contributed by atoms with Crippen molar-refractivity contribution >= 4 is 11.9 Å². The van der Waals surface area contributed by atoms with Gasteiger partial charge < -0.3 is 10.1 Å². The van der Waals surface area contributed by atoms with Crippen molar-refractivity contribution in [2.24, 2.45) is 12.5 Å². The zero-order valence-corrected chi connectivity index (χ0v) is 12.1. The van der Waals surface area contributed by atoms with Crippen LogP contribution in [0.4, 0.5) is 0 Å². The quantitative estimate of drug-likeness (QED) is 0.805. The van der Waals surface area contributed by atoms with Gasteiger partial charge in [0.05, 0.1) is 23.8 Å². The summed E-state index contributed by atoms with van der Waals surface area (Å²) in [6, 6.07) is 0. The van der Waals surface area contributed by atoms with E-state index in [0.29, 0.717) is 12.0 Å². The number of esters is 1. The third-order valence-electron chi connectivity index (χ3n) is 2.91. The highest BCUT2D eigenvalue weighted by Gasteiger charge is 2.29. The van der Waals surface area contributed by atoms with E-state index >= 15 is 0 Å². The van der Waals surface area contributed by atoms with Crippen LogP contribution in [0, 0.1) is 5.41 Å². The summed E-state index contributed by atoms with van der Waals surface area (Å²) in [6.07, 6.45) is 2.36. The maximum absolute atomic E-state index is 12.1. The Morgan fingerprint density at radius 2 is 2.11 bits per heavy atom. The van der Waals surface area contributed by atoms with Gasteiger partial charge in [0, 0.05) is 19.8 Å². The highest BCUT2D eigenvalue weighted by molar-refractivity contribution is 5.95. The molecule has 0 bridgehead atoms. The van der Waals surface area contributed by atoms with Gasteiger partial charge in [0.2, 0.25) is 0 Å². The molecule has 0 spiro atoms. The molecule has 6 nitrogen and oxygen atoms in total. The largest absolute Gasteiger partial charge is 0.469 e. The Hall–Kier alpha value is -1.85. The molecule has 1 amide bonds. The number of methoxy groups -OCH3 is 1. The maximum atomic E-state index is 12.1. The molecular formula is C13H21N3O3. The smallest absolute Gasteiger partial charge is 0.313 e. The first-order valence-corrected chi connectivity index (χ1v) is 6.21. The van der Waals surface area contributed by atoms with Crippen LogP contribution < -0.4 is 5.32 Å². The molecule has 19 heavy (non-hydrogen) atoms.